The van der Waals surface area contributed by atoms with E-state index in [1.54, 1.807) is 0 Å². The molecule has 0 aliphatic carbocycles. The fourth-order valence-electron chi connectivity index (χ4n) is 2.52. The fraction of sp³-hybridized carbons (Fsp3) is 0.235. The highest BCUT2D eigenvalue weighted by atomic mass is 14.9. The summed E-state index contributed by atoms with van der Waals surface area (Å²) in [5.41, 5.74) is 11.6. The molecule has 0 atom stereocenters. The number of rotatable bonds is 4. The van der Waals surface area contributed by atoms with Crippen molar-refractivity contribution in [3.63, 3.8) is 0 Å². The first-order valence-corrected chi connectivity index (χ1v) is 6.98. The van der Waals surface area contributed by atoms with Crippen LogP contribution < -0.4 is 5.73 Å². The van der Waals surface area contributed by atoms with E-state index in [1.807, 2.05) is 6.92 Å². The Balaban J connectivity index is 1.81. The van der Waals surface area contributed by atoms with Gasteiger partial charge < -0.3 is 10.7 Å². The minimum atomic E-state index is 0.704. The highest BCUT2D eigenvalue weighted by Crippen LogP contribution is 2.17. The summed E-state index contributed by atoms with van der Waals surface area (Å²) >= 11 is 0. The number of hydrogen-bond donors (Lipinski definition) is 2. The van der Waals surface area contributed by atoms with Crippen molar-refractivity contribution in [2.24, 2.45) is 5.73 Å². The zero-order chi connectivity index (χ0) is 13.9. The number of H-pyrrole nitrogens is 1. The summed E-state index contributed by atoms with van der Waals surface area (Å²) in [5.74, 6) is 0.961. The van der Waals surface area contributed by atoms with Crippen molar-refractivity contribution in [3.8, 4) is 0 Å². The van der Waals surface area contributed by atoms with Crippen LogP contribution in [0.4, 0.5) is 0 Å². The van der Waals surface area contributed by atoms with Crippen LogP contribution >= 0.6 is 0 Å². The quantitative estimate of drug-likeness (QED) is 0.762. The number of fused-ring (bicyclic) bond motifs is 1. The predicted molar refractivity (Wildman–Crippen MR) is 82.8 cm³/mol. The van der Waals surface area contributed by atoms with Crippen molar-refractivity contribution in [1.82, 2.24) is 9.97 Å². The zero-order valence-electron chi connectivity index (χ0n) is 11.7. The first kappa shape index (κ1) is 12.9. The molecule has 0 saturated carbocycles. The van der Waals surface area contributed by atoms with Crippen LogP contribution in [0.25, 0.3) is 11.0 Å². The van der Waals surface area contributed by atoms with Gasteiger partial charge in [0.15, 0.2) is 0 Å². The van der Waals surface area contributed by atoms with Crippen LogP contribution in [0.15, 0.2) is 42.5 Å². The van der Waals surface area contributed by atoms with Gasteiger partial charge in [0.1, 0.15) is 5.82 Å². The van der Waals surface area contributed by atoms with Gasteiger partial charge in [0, 0.05) is 0 Å². The summed E-state index contributed by atoms with van der Waals surface area (Å²) in [5, 5.41) is 0. The van der Waals surface area contributed by atoms with Crippen LogP contribution in [0.2, 0.25) is 0 Å². The highest BCUT2D eigenvalue weighted by molar-refractivity contribution is 5.75. The molecular weight excluding hydrogens is 246 g/mol. The Morgan fingerprint density at radius 1 is 1.00 bits per heavy atom. The maximum Gasteiger partial charge on any atom is 0.104 e. The Kier molecular flexibility index (Phi) is 3.52. The van der Waals surface area contributed by atoms with E-state index in [4.69, 9.17) is 5.73 Å². The number of aromatic nitrogens is 2. The molecule has 0 fully saturated rings. The summed E-state index contributed by atoms with van der Waals surface area (Å²) in [6, 6.07) is 15.1. The molecule has 0 radical (unpaired) electrons. The van der Waals surface area contributed by atoms with Gasteiger partial charge in [-0.3, -0.25) is 0 Å². The van der Waals surface area contributed by atoms with Gasteiger partial charge in [-0.05, 0) is 55.1 Å². The fourth-order valence-corrected chi connectivity index (χ4v) is 2.52. The van der Waals surface area contributed by atoms with Gasteiger partial charge in [0.25, 0.3) is 0 Å². The number of nitrogens with zero attached hydrogens (tertiary/aromatic N) is 1. The molecule has 3 aromatic rings. The lowest BCUT2D eigenvalue weighted by molar-refractivity contribution is 0.966. The molecular formula is C17H19N3. The third-order valence-corrected chi connectivity index (χ3v) is 3.53. The Bertz CT molecular complexity index is 711. The maximum absolute atomic E-state index is 5.57. The van der Waals surface area contributed by atoms with Crippen LogP contribution in [0.1, 0.15) is 22.5 Å². The predicted octanol–water partition coefficient (Wildman–Crippen LogP) is 2.96. The summed E-state index contributed by atoms with van der Waals surface area (Å²) in [7, 11) is 0. The SMILES string of the molecule is Cc1nc2ccc(Cc3ccc(CCN)cc3)cc2[nH]1. The Morgan fingerprint density at radius 3 is 2.45 bits per heavy atom. The number of aromatic amines is 1. The monoisotopic (exact) mass is 265 g/mol. The van der Waals surface area contributed by atoms with Gasteiger partial charge in [-0.2, -0.15) is 0 Å². The molecule has 3 N–H and O–H groups in total. The van der Waals surface area contributed by atoms with Gasteiger partial charge in [0.2, 0.25) is 0 Å². The molecule has 3 rings (SSSR count). The number of nitrogens with two attached hydrogens (primary N) is 1. The standard InChI is InChI=1S/C17H19N3/c1-12-19-16-7-6-15(11-17(16)20-12)10-14-4-2-13(3-5-14)8-9-18/h2-7,11H,8-10,18H2,1H3,(H,19,20). The Hall–Kier alpha value is -2.13. The molecule has 1 aromatic heterocycles. The maximum atomic E-state index is 5.57. The van der Waals surface area contributed by atoms with Crippen molar-refractivity contribution < 1.29 is 0 Å². The first-order chi connectivity index (χ1) is 9.74. The van der Waals surface area contributed by atoms with Crippen molar-refractivity contribution in [1.29, 1.82) is 0 Å². The molecule has 102 valence electrons. The smallest absolute Gasteiger partial charge is 0.104 e. The van der Waals surface area contributed by atoms with Crippen molar-refractivity contribution in [2.45, 2.75) is 19.8 Å². The van der Waals surface area contributed by atoms with Gasteiger partial charge in [-0.25, -0.2) is 4.98 Å². The lowest BCUT2D eigenvalue weighted by Crippen LogP contribution is -2.02. The van der Waals surface area contributed by atoms with Crippen LogP contribution in [-0.4, -0.2) is 16.5 Å². The number of benzene rings is 2. The molecule has 0 aliphatic rings. The summed E-state index contributed by atoms with van der Waals surface area (Å²) in [4.78, 5) is 7.71. The molecule has 0 saturated heterocycles. The molecule has 0 aliphatic heterocycles. The third kappa shape index (κ3) is 2.73. The van der Waals surface area contributed by atoms with Crippen LogP contribution in [0.3, 0.4) is 0 Å². The van der Waals surface area contributed by atoms with E-state index in [-0.39, 0.29) is 0 Å². The molecule has 0 spiro atoms. The first-order valence-electron chi connectivity index (χ1n) is 6.98. The van der Waals surface area contributed by atoms with Gasteiger partial charge in [-0.1, -0.05) is 30.3 Å². The van der Waals surface area contributed by atoms with Crippen LogP contribution in [0, 0.1) is 6.92 Å². The minimum Gasteiger partial charge on any atom is -0.342 e. The summed E-state index contributed by atoms with van der Waals surface area (Å²) in [6.45, 7) is 2.69. The van der Waals surface area contributed by atoms with E-state index in [2.05, 4.69) is 52.4 Å². The zero-order valence-corrected chi connectivity index (χ0v) is 11.7. The second kappa shape index (κ2) is 5.47. The second-order valence-electron chi connectivity index (χ2n) is 5.21. The van der Waals surface area contributed by atoms with Crippen LogP contribution in [-0.2, 0) is 12.8 Å². The van der Waals surface area contributed by atoms with Crippen molar-refractivity contribution >= 4 is 11.0 Å². The molecule has 3 nitrogen and oxygen atoms in total. The molecule has 20 heavy (non-hydrogen) atoms. The molecule has 3 heteroatoms. The second-order valence-corrected chi connectivity index (χ2v) is 5.21. The molecule has 0 unspecified atom stereocenters. The lowest BCUT2D eigenvalue weighted by Gasteiger charge is -2.04. The van der Waals surface area contributed by atoms with Gasteiger partial charge in [0.05, 0.1) is 11.0 Å². The number of hydrogen-bond acceptors (Lipinski definition) is 2. The third-order valence-electron chi connectivity index (χ3n) is 3.53. The van der Waals surface area contributed by atoms with E-state index in [9.17, 15) is 0 Å². The minimum absolute atomic E-state index is 0.704. The highest BCUT2D eigenvalue weighted by Gasteiger charge is 2.02. The molecule has 2 aromatic carbocycles. The average molecular weight is 265 g/mol. The number of aryl methyl sites for hydroxylation is 1. The molecule has 1 heterocycles. The topological polar surface area (TPSA) is 54.7 Å². The van der Waals surface area contributed by atoms with E-state index in [0.717, 1.165) is 29.7 Å². The Morgan fingerprint density at radius 2 is 1.70 bits per heavy atom. The molecule has 0 bridgehead atoms. The van der Waals surface area contributed by atoms with E-state index >= 15 is 0 Å². The number of nitrogens with one attached hydrogen (secondary N) is 1. The summed E-state index contributed by atoms with van der Waals surface area (Å²) < 4.78 is 0. The summed E-state index contributed by atoms with van der Waals surface area (Å²) in [6.07, 6.45) is 1.89. The van der Waals surface area contributed by atoms with Gasteiger partial charge in [-0.15, -0.1) is 0 Å². The normalized spacial score (nSPS) is 11.1. The van der Waals surface area contributed by atoms with Gasteiger partial charge >= 0.3 is 0 Å². The Labute approximate surface area is 118 Å². The largest absolute Gasteiger partial charge is 0.342 e. The number of imidazole rings is 1. The van der Waals surface area contributed by atoms with E-state index < -0.39 is 0 Å². The van der Waals surface area contributed by atoms with Crippen LogP contribution in [0.5, 0.6) is 0 Å². The van der Waals surface area contributed by atoms with E-state index in [0.29, 0.717) is 6.54 Å². The molecule has 0 amide bonds. The average Bonchev–Trinajstić information content (AvgIpc) is 2.81. The van der Waals surface area contributed by atoms with Crippen molar-refractivity contribution in [3.05, 3.63) is 65.0 Å². The lowest BCUT2D eigenvalue weighted by atomic mass is 10.0. The van der Waals surface area contributed by atoms with E-state index in [1.165, 1.54) is 16.7 Å². The van der Waals surface area contributed by atoms with Crippen molar-refractivity contribution in [2.75, 3.05) is 6.54 Å².